The molecule has 2 aromatic rings. The summed E-state index contributed by atoms with van der Waals surface area (Å²) in [4.78, 5) is 14.2. The fourth-order valence-electron chi connectivity index (χ4n) is 2.86. The predicted molar refractivity (Wildman–Crippen MR) is 99.1 cm³/mol. The average molecular weight is 319 g/mol. The van der Waals surface area contributed by atoms with Crippen molar-refractivity contribution < 1.29 is 4.79 Å². The van der Waals surface area contributed by atoms with Gasteiger partial charge >= 0.3 is 0 Å². The first-order valence-corrected chi connectivity index (χ1v) is 8.19. The van der Waals surface area contributed by atoms with E-state index in [-0.39, 0.29) is 5.91 Å². The van der Waals surface area contributed by atoms with Crippen LogP contribution in [0.4, 0.5) is 5.69 Å². The lowest BCUT2D eigenvalue weighted by atomic mass is 10.0. The highest BCUT2D eigenvalue weighted by atomic mass is 16.2. The summed E-state index contributed by atoms with van der Waals surface area (Å²) in [6.07, 6.45) is 7.50. The standard InChI is InChI=1S/C20H21N3O/c24-20(22-21-14-6-10-17-8-2-1-3-9-17)16-23-15-7-12-18-11-4-5-13-19(18)23/h1-6,8-11,13-14H,7,12,15-16H2,(H,22,24)/b10-6-,21-14+. The molecule has 4 heteroatoms. The van der Waals surface area contributed by atoms with Crippen LogP contribution in [0.1, 0.15) is 17.5 Å². The van der Waals surface area contributed by atoms with E-state index in [0.29, 0.717) is 6.54 Å². The number of anilines is 1. The third kappa shape index (κ3) is 4.32. The summed E-state index contributed by atoms with van der Waals surface area (Å²) in [5.74, 6) is -0.101. The molecule has 0 atom stereocenters. The lowest BCUT2D eigenvalue weighted by Gasteiger charge is -2.30. The minimum atomic E-state index is -0.101. The molecule has 4 nitrogen and oxygen atoms in total. The van der Waals surface area contributed by atoms with Gasteiger partial charge in [0.25, 0.3) is 5.91 Å². The molecule has 0 bridgehead atoms. The van der Waals surface area contributed by atoms with Crippen LogP contribution in [-0.4, -0.2) is 25.2 Å². The molecular weight excluding hydrogens is 298 g/mol. The van der Waals surface area contributed by atoms with Crippen LogP contribution in [0.5, 0.6) is 0 Å². The van der Waals surface area contributed by atoms with E-state index in [1.54, 1.807) is 6.21 Å². The molecule has 0 fully saturated rings. The number of benzene rings is 2. The molecule has 24 heavy (non-hydrogen) atoms. The largest absolute Gasteiger partial charge is 0.362 e. The molecular formula is C20H21N3O. The summed E-state index contributed by atoms with van der Waals surface area (Å²) < 4.78 is 0. The highest BCUT2D eigenvalue weighted by molar-refractivity contribution is 5.84. The fourth-order valence-corrected chi connectivity index (χ4v) is 2.86. The number of carbonyl (C=O) groups excluding carboxylic acids is 1. The monoisotopic (exact) mass is 319 g/mol. The molecule has 1 aliphatic heterocycles. The maximum absolute atomic E-state index is 12.1. The average Bonchev–Trinajstić information content (AvgIpc) is 2.63. The summed E-state index contributed by atoms with van der Waals surface area (Å²) in [7, 11) is 0. The second kappa shape index (κ2) is 8.11. The molecule has 1 heterocycles. The van der Waals surface area contributed by atoms with Gasteiger partial charge in [-0.25, -0.2) is 5.43 Å². The van der Waals surface area contributed by atoms with Gasteiger partial charge in [0, 0.05) is 18.4 Å². The highest BCUT2D eigenvalue weighted by Crippen LogP contribution is 2.26. The number of hydrogen-bond donors (Lipinski definition) is 1. The number of allylic oxidation sites excluding steroid dienone is 1. The van der Waals surface area contributed by atoms with Gasteiger partial charge in [-0.3, -0.25) is 4.79 Å². The molecule has 0 spiro atoms. The van der Waals surface area contributed by atoms with E-state index in [9.17, 15) is 4.79 Å². The van der Waals surface area contributed by atoms with Crippen molar-refractivity contribution in [1.82, 2.24) is 5.43 Å². The molecule has 1 N–H and O–H groups in total. The van der Waals surface area contributed by atoms with Crippen LogP contribution in [0.25, 0.3) is 6.08 Å². The molecule has 122 valence electrons. The van der Waals surface area contributed by atoms with Crippen LogP contribution < -0.4 is 10.3 Å². The van der Waals surface area contributed by atoms with E-state index >= 15 is 0 Å². The van der Waals surface area contributed by atoms with Gasteiger partial charge in [-0.1, -0.05) is 54.6 Å². The van der Waals surface area contributed by atoms with Crippen molar-refractivity contribution in [2.24, 2.45) is 5.10 Å². The molecule has 0 saturated heterocycles. The Morgan fingerprint density at radius 1 is 1.12 bits per heavy atom. The number of para-hydroxylation sites is 1. The summed E-state index contributed by atoms with van der Waals surface area (Å²) >= 11 is 0. The number of aryl methyl sites for hydroxylation is 1. The van der Waals surface area contributed by atoms with Crippen molar-refractivity contribution in [2.75, 3.05) is 18.0 Å². The van der Waals surface area contributed by atoms with Crippen LogP contribution in [0, 0.1) is 0 Å². The highest BCUT2D eigenvalue weighted by Gasteiger charge is 2.18. The normalized spacial score (nSPS) is 14.1. The molecule has 1 amide bonds. The Morgan fingerprint density at radius 3 is 2.79 bits per heavy atom. The summed E-state index contributed by atoms with van der Waals surface area (Å²) in [6, 6.07) is 18.2. The lowest BCUT2D eigenvalue weighted by molar-refractivity contribution is -0.119. The number of fused-ring (bicyclic) bond motifs is 1. The first-order valence-electron chi connectivity index (χ1n) is 8.19. The Hall–Kier alpha value is -2.88. The third-order valence-electron chi connectivity index (χ3n) is 3.98. The fraction of sp³-hybridized carbons (Fsp3) is 0.200. The number of rotatable bonds is 5. The summed E-state index contributed by atoms with van der Waals surface area (Å²) in [5.41, 5.74) is 6.15. The summed E-state index contributed by atoms with van der Waals surface area (Å²) in [6.45, 7) is 1.23. The molecule has 3 rings (SSSR count). The van der Waals surface area contributed by atoms with Gasteiger partial charge < -0.3 is 4.90 Å². The van der Waals surface area contributed by atoms with E-state index < -0.39 is 0 Å². The van der Waals surface area contributed by atoms with Gasteiger partial charge in [0.05, 0.1) is 6.54 Å². The molecule has 2 aromatic carbocycles. The second-order valence-electron chi connectivity index (χ2n) is 5.74. The zero-order valence-corrected chi connectivity index (χ0v) is 13.6. The van der Waals surface area contributed by atoms with E-state index in [1.807, 2.05) is 54.6 Å². The van der Waals surface area contributed by atoms with Crippen LogP contribution >= 0.6 is 0 Å². The lowest BCUT2D eigenvalue weighted by Crippen LogP contribution is -2.38. The van der Waals surface area contributed by atoms with Crippen molar-refractivity contribution in [3.8, 4) is 0 Å². The maximum Gasteiger partial charge on any atom is 0.259 e. The Morgan fingerprint density at radius 2 is 1.92 bits per heavy atom. The van der Waals surface area contributed by atoms with Gasteiger partial charge in [-0.15, -0.1) is 0 Å². The van der Waals surface area contributed by atoms with E-state index in [2.05, 4.69) is 27.6 Å². The van der Waals surface area contributed by atoms with Crippen molar-refractivity contribution in [3.63, 3.8) is 0 Å². The Kier molecular flexibility index (Phi) is 5.40. The Bertz CT molecular complexity index is 738. The maximum atomic E-state index is 12.1. The van der Waals surface area contributed by atoms with Gasteiger partial charge in [0.15, 0.2) is 0 Å². The van der Waals surface area contributed by atoms with Gasteiger partial charge in [-0.05, 0) is 36.1 Å². The SMILES string of the molecule is O=C(CN1CCCc2ccccc21)N/N=C/C=C\c1ccccc1. The first kappa shape index (κ1) is 16.0. The van der Waals surface area contributed by atoms with Crippen molar-refractivity contribution in [3.05, 3.63) is 71.8 Å². The number of nitrogens with one attached hydrogen (secondary N) is 1. The second-order valence-corrected chi connectivity index (χ2v) is 5.74. The van der Waals surface area contributed by atoms with Crippen LogP contribution in [0.2, 0.25) is 0 Å². The quantitative estimate of drug-likeness (QED) is 0.679. The Balaban J connectivity index is 1.50. The van der Waals surface area contributed by atoms with Crippen molar-refractivity contribution >= 4 is 23.9 Å². The number of hydrazone groups is 1. The van der Waals surface area contributed by atoms with Crippen LogP contribution in [-0.2, 0) is 11.2 Å². The first-order chi connectivity index (χ1) is 11.8. The smallest absolute Gasteiger partial charge is 0.259 e. The Labute approximate surface area is 142 Å². The minimum absolute atomic E-state index is 0.101. The number of carbonyl (C=O) groups is 1. The zero-order chi connectivity index (χ0) is 16.6. The number of nitrogens with zero attached hydrogens (tertiary/aromatic N) is 2. The van der Waals surface area contributed by atoms with Crippen LogP contribution in [0.3, 0.4) is 0 Å². The topological polar surface area (TPSA) is 44.7 Å². The number of hydrogen-bond acceptors (Lipinski definition) is 3. The zero-order valence-electron chi connectivity index (χ0n) is 13.6. The molecule has 1 aliphatic rings. The molecule has 0 unspecified atom stereocenters. The van der Waals surface area contributed by atoms with Gasteiger partial charge in [0.1, 0.15) is 0 Å². The molecule has 0 radical (unpaired) electrons. The molecule has 0 aromatic heterocycles. The summed E-state index contributed by atoms with van der Waals surface area (Å²) in [5, 5.41) is 3.97. The molecule has 0 aliphatic carbocycles. The van der Waals surface area contributed by atoms with E-state index in [0.717, 1.165) is 30.6 Å². The van der Waals surface area contributed by atoms with Crippen LogP contribution in [0.15, 0.2) is 65.8 Å². The minimum Gasteiger partial charge on any atom is -0.362 e. The van der Waals surface area contributed by atoms with Gasteiger partial charge in [-0.2, -0.15) is 5.10 Å². The van der Waals surface area contributed by atoms with E-state index in [4.69, 9.17) is 0 Å². The molecule has 0 saturated carbocycles. The third-order valence-corrected chi connectivity index (χ3v) is 3.98. The van der Waals surface area contributed by atoms with Crippen molar-refractivity contribution in [1.29, 1.82) is 0 Å². The predicted octanol–water partition coefficient (Wildman–Crippen LogP) is 3.25. The van der Waals surface area contributed by atoms with Crippen molar-refractivity contribution in [2.45, 2.75) is 12.8 Å². The van der Waals surface area contributed by atoms with E-state index in [1.165, 1.54) is 5.56 Å². The number of amides is 1. The van der Waals surface area contributed by atoms with Gasteiger partial charge in [0.2, 0.25) is 0 Å².